The second kappa shape index (κ2) is 23.9. The van der Waals surface area contributed by atoms with Crippen LogP contribution in [0, 0.1) is 11.7 Å². The first-order valence-electron chi connectivity index (χ1n) is 16.0. The summed E-state index contributed by atoms with van der Waals surface area (Å²) in [5.41, 5.74) is 0.458. The van der Waals surface area contributed by atoms with Crippen molar-refractivity contribution < 1.29 is 21.8 Å². The fraction of sp³-hybridized carbons (Fsp3) is 0.568. The number of hydrogen-bond donors (Lipinski definition) is 0. The quantitative estimate of drug-likeness (QED) is 0.0623. The number of alkyl halides is 3. The summed E-state index contributed by atoms with van der Waals surface area (Å²) >= 11 is 12.3. The van der Waals surface area contributed by atoms with Crippen molar-refractivity contribution in [2.45, 2.75) is 117 Å². The zero-order valence-corrected chi connectivity index (χ0v) is 32.4. The fourth-order valence-corrected chi connectivity index (χ4v) is 6.83. The number of unbranched alkanes of at least 4 members (excludes halogenated alkanes) is 2. The zero-order valence-electron chi connectivity index (χ0n) is 29.0. The molecule has 0 aliphatic carbocycles. The Balaban J connectivity index is 0. The lowest BCUT2D eigenvalue weighted by molar-refractivity contribution is -0.140. The molecular weight excluding hydrogens is 670 g/mol. The van der Waals surface area contributed by atoms with Crippen molar-refractivity contribution >= 4 is 52.8 Å². The summed E-state index contributed by atoms with van der Waals surface area (Å²) in [6.45, 7) is 18.7. The molecule has 0 saturated carbocycles. The first-order valence-corrected chi connectivity index (χ1v) is 19.6. The second-order valence-corrected chi connectivity index (χ2v) is 16.2. The Morgan fingerprint density at radius 1 is 0.935 bits per heavy atom. The molecular formula is C37H57Cl2F4OPS. The van der Waals surface area contributed by atoms with Crippen molar-refractivity contribution in [1.82, 2.24) is 0 Å². The molecule has 0 fully saturated rings. The third-order valence-corrected chi connectivity index (χ3v) is 9.80. The van der Waals surface area contributed by atoms with Gasteiger partial charge in [0.2, 0.25) is 0 Å². The van der Waals surface area contributed by atoms with Gasteiger partial charge in [-0.2, -0.15) is 13.2 Å². The summed E-state index contributed by atoms with van der Waals surface area (Å²) in [5, 5.41) is 2.40. The van der Waals surface area contributed by atoms with Crippen LogP contribution in [0.1, 0.15) is 116 Å². The lowest BCUT2D eigenvalue weighted by Crippen LogP contribution is -2.29. The van der Waals surface area contributed by atoms with Crippen molar-refractivity contribution in [1.29, 1.82) is 0 Å². The van der Waals surface area contributed by atoms with Crippen LogP contribution in [-0.2, 0) is 27.5 Å². The third kappa shape index (κ3) is 18.9. The maximum Gasteiger partial charge on any atom is 0.419 e. The van der Waals surface area contributed by atoms with Crippen molar-refractivity contribution in [3.8, 4) is 0 Å². The van der Waals surface area contributed by atoms with E-state index in [0.29, 0.717) is 27.9 Å². The number of rotatable bonds is 14. The summed E-state index contributed by atoms with van der Waals surface area (Å²) in [4.78, 5) is 0. The lowest BCUT2D eigenvalue weighted by atomic mass is 9.75. The van der Waals surface area contributed by atoms with Gasteiger partial charge in [-0.05, 0) is 94.6 Å². The van der Waals surface area contributed by atoms with Crippen LogP contribution in [0.3, 0.4) is 0 Å². The average Bonchev–Trinajstić information content (AvgIpc) is 2.95. The molecule has 46 heavy (non-hydrogen) atoms. The van der Waals surface area contributed by atoms with E-state index in [4.69, 9.17) is 23.2 Å². The van der Waals surface area contributed by atoms with Crippen LogP contribution in [0.4, 0.5) is 17.6 Å². The van der Waals surface area contributed by atoms with Gasteiger partial charge >= 0.3 is 6.18 Å². The summed E-state index contributed by atoms with van der Waals surface area (Å²) in [6.07, 6.45) is 7.70. The molecule has 3 atom stereocenters. The number of hydrogen-bond acceptors (Lipinski definition) is 1. The monoisotopic (exact) mass is 726 g/mol. The molecule has 2 rings (SSSR count). The highest BCUT2D eigenvalue weighted by atomic mass is 35.5. The standard InChI is InChI=1S/C22H35Cl2OPS.C10H10F4.C3H8.C2H4/c1-6-10-18(16-27(4,5)25)11-8-7-9-14-22(3,17(2)26)19-12-13-20(23)21(24)15-19;1-2-3-7-4-5-9(11)8(6-7)10(12,13)14;1-3-2;1-2/h12-13,15,18,26H,4,6-11,14,16H2,1-3,5H3;4-6H,2-3H2,1H3;3H2,1-2H3;1-2H2. The molecule has 0 bridgehead atoms. The van der Waals surface area contributed by atoms with Gasteiger partial charge in [-0.1, -0.05) is 108 Å². The van der Waals surface area contributed by atoms with Crippen LogP contribution in [-0.4, -0.2) is 27.4 Å². The minimum Gasteiger partial charge on any atom is -0.268 e. The summed E-state index contributed by atoms with van der Waals surface area (Å²) in [5.74, 6) is 3.92. The van der Waals surface area contributed by atoms with Crippen LogP contribution < -0.4 is 0 Å². The van der Waals surface area contributed by atoms with E-state index in [0.717, 1.165) is 56.4 Å². The van der Waals surface area contributed by atoms with Crippen LogP contribution in [0.15, 0.2) is 49.6 Å². The molecule has 2 aromatic rings. The van der Waals surface area contributed by atoms with Gasteiger partial charge in [-0.15, -0.1) is 22.0 Å². The van der Waals surface area contributed by atoms with Gasteiger partial charge in [0.1, 0.15) is 5.82 Å². The van der Waals surface area contributed by atoms with Gasteiger partial charge in [0.25, 0.3) is 0 Å². The Morgan fingerprint density at radius 3 is 1.98 bits per heavy atom. The molecule has 0 aliphatic rings. The first-order chi connectivity index (χ1) is 21.4. The molecule has 264 valence electrons. The minimum absolute atomic E-state index is 0.0704. The highest BCUT2D eigenvalue weighted by Crippen LogP contribution is 2.36. The van der Waals surface area contributed by atoms with Crippen LogP contribution >= 0.6 is 32.1 Å². The van der Waals surface area contributed by atoms with E-state index in [-0.39, 0.29) is 5.41 Å². The molecule has 0 N–H and O–H groups in total. The van der Waals surface area contributed by atoms with Gasteiger partial charge in [-0.25, -0.2) is 4.39 Å². The number of aryl methyl sites for hydroxylation is 1. The van der Waals surface area contributed by atoms with E-state index in [2.05, 4.69) is 68.6 Å². The largest absolute Gasteiger partial charge is 0.419 e. The van der Waals surface area contributed by atoms with E-state index in [1.807, 2.05) is 19.1 Å². The van der Waals surface area contributed by atoms with Crippen molar-refractivity contribution in [3.05, 3.63) is 82.1 Å². The molecule has 0 saturated heterocycles. The molecule has 0 aromatic heterocycles. The SMILES string of the molecule is C=C.C=S(C)(=O)CC(CCC)CCCCCC(C)(C(C)=P)c1ccc(Cl)c(Cl)c1.CCC.CCCc1ccc(F)c(C(F)(F)F)c1. The Labute approximate surface area is 290 Å². The van der Waals surface area contributed by atoms with Crippen LogP contribution in [0.25, 0.3) is 0 Å². The van der Waals surface area contributed by atoms with Crippen LogP contribution in [0.5, 0.6) is 0 Å². The lowest BCUT2D eigenvalue weighted by Gasteiger charge is -2.31. The van der Waals surface area contributed by atoms with Crippen molar-refractivity contribution in [2.75, 3.05) is 12.0 Å². The Hall–Kier alpha value is -1.33. The minimum atomic E-state index is -4.60. The second-order valence-electron chi connectivity index (χ2n) is 12.0. The van der Waals surface area contributed by atoms with E-state index in [1.54, 1.807) is 6.26 Å². The summed E-state index contributed by atoms with van der Waals surface area (Å²) in [6, 6.07) is 9.06. The van der Waals surface area contributed by atoms with Gasteiger partial charge in [-0.3, -0.25) is 4.21 Å². The molecule has 3 unspecified atom stereocenters. The molecule has 9 heteroatoms. The Morgan fingerprint density at radius 2 is 1.52 bits per heavy atom. The van der Waals surface area contributed by atoms with Gasteiger partial charge in [0.05, 0.1) is 15.6 Å². The fourth-order valence-electron chi connectivity index (χ4n) is 4.93. The molecule has 0 spiro atoms. The average molecular weight is 728 g/mol. The van der Waals surface area contributed by atoms with Crippen LogP contribution in [0.2, 0.25) is 10.0 Å². The van der Waals surface area contributed by atoms with Crippen molar-refractivity contribution in [3.63, 3.8) is 0 Å². The molecule has 0 amide bonds. The third-order valence-electron chi connectivity index (χ3n) is 7.33. The predicted octanol–water partition coefficient (Wildman–Crippen LogP) is 13.3. The molecule has 0 aliphatic heterocycles. The summed E-state index contributed by atoms with van der Waals surface area (Å²) < 4.78 is 61.5. The van der Waals surface area contributed by atoms with E-state index < -0.39 is 27.1 Å². The predicted molar refractivity (Wildman–Crippen MR) is 203 cm³/mol. The van der Waals surface area contributed by atoms with Gasteiger partial charge in [0, 0.05) is 17.4 Å². The summed E-state index contributed by atoms with van der Waals surface area (Å²) in [7, 11) is 1.88. The topological polar surface area (TPSA) is 17.1 Å². The normalized spacial score (nSPS) is 14.1. The molecule has 2 aromatic carbocycles. The zero-order chi connectivity index (χ0) is 36.1. The maximum absolute atomic E-state index is 12.8. The maximum atomic E-state index is 12.8. The smallest absolute Gasteiger partial charge is 0.268 e. The van der Waals surface area contributed by atoms with E-state index in [9.17, 15) is 21.8 Å². The molecule has 0 radical (unpaired) electrons. The highest BCUT2D eigenvalue weighted by Gasteiger charge is 2.34. The number of halogens is 6. The van der Waals surface area contributed by atoms with E-state index >= 15 is 0 Å². The highest BCUT2D eigenvalue weighted by molar-refractivity contribution is 7.99. The van der Waals surface area contributed by atoms with E-state index in [1.165, 1.54) is 36.2 Å². The van der Waals surface area contributed by atoms with Gasteiger partial charge < -0.3 is 0 Å². The number of benzene rings is 2. The molecule has 0 heterocycles. The Kier molecular flexibility index (Phi) is 24.3. The molecule has 1 nitrogen and oxygen atoms in total. The Bertz CT molecular complexity index is 1260. The van der Waals surface area contributed by atoms with Crippen molar-refractivity contribution in [2.24, 2.45) is 5.92 Å². The van der Waals surface area contributed by atoms with Gasteiger partial charge in [0.15, 0.2) is 0 Å². The first kappa shape index (κ1) is 46.8.